The zero-order valence-corrected chi connectivity index (χ0v) is 33.8. The minimum absolute atomic E-state index is 0.542. The molecule has 0 saturated heterocycles. The van der Waals surface area contributed by atoms with Gasteiger partial charge in [0, 0.05) is 27.5 Å². The van der Waals surface area contributed by atoms with Gasteiger partial charge in [0.05, 0.1) is 11.6 Å². The molecule has 0 aliphatic heterocycles. The number of nitriles is 1. The Bertz CT molecular complexity index is 3770. The maximum Gasteiger partial charge on any atom is 0.164 e. The van der Waals surface area contributed by atoms with E-state index < -0.39 is 0 Å². The summed E-state index contributed by atoms with van der Waals surface area (Å²) >= 11 is 0. The molecule has 63 heavy (non-hydrogen) atoms. The van der Waals surface area contributed by atoms with Gasteiger partial charge in [0.25, 0.3) is 0 Å². The van der Waals surface area contributed by atoms with Crippen LogP contribution in [0.3, 0.4) is 0 Å². The van der Waals surface area contributed by atoms with Crippen molar-refractivity contribution in [1.29, 1.82) is 5.26 Å². The maximum atomic E-state index is 9.41. The van der Waals surface area contributed by atoms with Crippen molar-refractivity contribution < 1.29 is 4.42 Å². The molecule has 5 nitrogen and oxygen atoms in total. The number of hydrogen-bond acceptors (Lipinski definition) is 5. The van der Waals surface area contributed by atoms with Gasteiger partial charge in [0.2, 0.25) is 0 Å². The highest BCUT2D eigenvalue weighted by atomic mass is 16.3. The van der Waals surface area contributed by atoms with E-state index in [0.717, 1.165) is 71.8 Å². The van der Waals surface area contributed by atoms with Crippen molar-refractivity contribution in [2.75, 3.05) is 0 Å². The molecule has 2 heterocycles. The van der Waals surface area contributed by atoms with E-state index in [1.54, 1.807) is 0 Å². The van der Waals surface area contributed by atoms with E-state index in [9.17, 15) is 5.26 Å². The van der Waals surface area contributed by atoms with Gasteiger partial charge in [-0.1, -0.05) is 158 Å². The summed E-state index contributed by atoms with van der Waals surface area (Å²) in [5.74, 6) is 1.67. The van der Waals surface area contributed by atoms with Crippen LogP contribution in [0.15, 0.2) is 211 Å². The van der Waals surface area contributed by atoms with Gasteiger partial charge in [-0.05, 0) is 114 Å². The van der Waals surface area contributed by atoms with Crippen molar-refractivity contribution in [2.24, 2.45) is 0 Å². The summed E-state index contributed by atoms with van der Waals surface area (Å²) in [6.07, 6.45) is 0. The van der Waals surface area contributed by atoms with E-state index in [-0.39, 0.29) is 0 Å². The first-order valence-electron chi connectivity index (χ1n) is 21.0. The molecule has 0 N–H and O–H groups in total. The highest BCUT2D eigenvalue weighted by Gasteiger charge is 2.18. The highest BCUT2D eigenvalue weighted by molar-refractivity contribution is 6.25. The van der Waals surface area contributed by atoms with Crippen LogP contribution in [0.1, 0.15) is 5.56 Å². The maximum absolute atomic E-state index is 9.41. The number of aromatic nitrogens is 3. The molecular weight excluding hydrogens is 769 g/mol. The lowest BCUT2D eigenvalue weighted by atomic mass is 9.93. The van der Waals surface area contributed by atoms with E-state index >= 15 is 0 Å². The van der Waals surface area contributed by atoms with Crippen LogP contribution in [0.4, 0.5) is 0 Å². The van der Waals surface area contributed by atoms with Gasteiger partial charge in [0.1, 0.15) is 11.2 Å². The lowest BCUT2D eigenvalue weighted by Crippen LogP contribution is -2.00. The Labute approximate surface area is 362 Å². The van der Waals surface area contributed by atoms with Crippen molar-refractivity contribution in [3.8, 4) is 73.6 Å². The van der Waals surface area contributed by atoms with Gasteiger partial charge in [0.15, 0.2) is 17.5 Å². The number of benzene rings is 10. The molecule has 0 radical (unpaired) electrons. The minimum Gasteiger partial charge on any atom is -0.456 e. The molecule has 0 bridgehead atoms. The number of nitrogens with zero attached hydrogens (tertiary/aromatic N) is 4. The Morgan fingerprint density at radius 1 is 0.317 bits per heavy atom. The van der Waals surface area contributed by atoms with E-state index in [1.807, 2.05) is 48.5 Å². The summed E-state index contributed by atoms with van der Waals surface area (Å²) in [7, 11) is 0. The third-order valence-corrected chi connectivity index (χ3v) is 12.1. The van der Waals surface area contributed by atoms with E-state index in [1.165, 1.54) is 32.5 Å². The molecule has 292 valence electrons. The summed E-state index contributed by atoms with van der Waals surface area (Å²) in [5, 5.41) is 18.6. The fourth-order valence-electron chi connectivity index (χ4n) is 9.09. The standard InChI is InChI=1S/C58H34N4O/c59-35-36-23-25-38(26-24-36)40-14-9-16-42(32-40)56-60-57(43-27-29-50-48-19-5-4-17-46(48)47-18-6-7-20-49(47)52(50)33-43)62-58(61-56)44-28-30-51-54(34-44)63-53-22-10-21-45(55(51)53)41-15-8-13-39(31-41)37-11-2-1-3-12-37/h1-34H. The van der Waals surface area contributed by atoms with Crippen LogP contribution in [0.5, 0.6) is 0 Å². The Morgan fingerprint density at radius 2 is 0.778 bits per heavy atom. The minimum atomic E-state index is 0.542. The molecule has 12 aromatic rings. The molecule has 5 heteroatoms. The highest BCUT2D eigenvalue weighted by Crippen LogP contribution is 2.41. The largest absolute Gasteiger partial charge is 0.456 e. The van der Waals surface area contributed by atoms with Gasteiger partial charge < -0.3 is 4.42 Å². The van der Waals surface area contributed by atoms with Crippen LogP contribution >= 0.6 is 0 Å². The van der Waals surface area contributed by atoms with Gasteiger partial charge >= 0.3 is 0 Å². The summed E-state index contributed by atoms with van der Waals surface area (Å²) in [6.45, 7) is 0. The Morgan fingerprint density at radius 3 is 1.43 bits per heavy atom. The molecule has 0 spiro atoms. The molecule has 0 atom stereocenters. The van der Waals surface area contributed by atoms with Crippen molar-refractivity contribution >= 4 is 54.3 Å². The van der Waals surface area contributed by atoms with Crippen molar-refractivity contribution in [3.05, 3.63) is 212 Å². The summed E-state index contributed by atoms with van der Waals surface area (Å²) < 4.78 is 6.64. The molecular formula is C58H34N4O. The third-order valence-electron chi connectivity index (χ3n) is 12.1. The van der Waals surface area contributed by atoms with E-state index in [2.05, 4.69) is 164 Å². The SMILES string of the molecule is N#Cc1ccc(-c2cccc(-c3nc(-c4ccc5c(c4)oc4cccc(-c6cccc(-c7ccccc7)c6)c45)nc(-c4ccc5c6ccccc6c6ccccc6c5c4)n3)c2)cc1. The molecule has 2 aromatic heterocycles. The van der Waals surface area contributed by atoms with Gasteiger partial charge in [-0.25, -0.2) is 15.0 Å². The van der Waals surface area contributed by atoms with Gasteiger partial charge in [-0.3, -0.25) is 0 Å². The monoisotopic (exact) mass is 802 g/mol. The Hall–Kier alpha value is -8.72. The van der Waals surface area contributed by atoms with Crippen LogP contribution in [-0.2, 0) is 0 Å². The number of fused-ring (bicyclic) bond motifs is 9. The molecule has 12 rings (SSSR count). The molecule has 0 saturated carbocycles. The second-order valence-corrected chi connectivity index (χ2v) is 15.9. The second kappa shape index (κ2) is 14.8. The zero-order chi connectivity index (χ0) is 41.9. The molecule has 0 aliphatic carbocycles. The Kier molecular flexibility index (Phi) is 8.48. The zero-order valence-electron chi connectivity index (χ0n) is 33.8. The smallest absolute Gasteiger partial charge is 0.164 e. The van der Waals surface area contributed by atoms with E-state index in [4.69, 9.17) is 19.4 Å². The lowest BCUT2D eigenvalue weighted by Gasteiger charge is -2.13. The summed E-state index contributed by atoms with van der Waals surface area (Å²) in [6, 6.07) is 73.5. The lowest BCUT2D eigenvalue weighted by molar-refractivity contribution is 0.669. The van der Waals surface area contributed by atoms with Crippen LogP contribution in [0.25, 0.3) is 122 Å². The first-order chi connectivity index (χ1) is 31.1. The Balaban J connectivity index is 1.03. The third kappa shape index (κ3) is 6.29. The predicted molar refractivity (Wildman–Crippen MR) is 257 cm³/mol. The van der Waals surface area contributed by atoms with Crippen molar-refractivity contribution in [3.63, 3.8) is 0 Å². The first kappa shape index (κ1) is 36.2. The van der Waals surface area contributed by atoms with Gasteiger partial charge in [-0.15, -0.1) is 0 Å². The van der Waals surface area contributed by atoms with Crippen LogP contribution in [0, 0.1) is 11.3 Å². The first-order valence-corrected chi connectivity index (χ1v) is 21.0. The average molecular weight is 803 g/mol. The fourth-order valence-corrected chi connectivity index (χ4v) is 9.09. The van der Waals surface area contributed by atoms with Crippen LogP contribution < -0.4 is 0 Å². The molecule has 0 amide bonds. The molecule has 0 fully saturated rings. The normalized spacial score (nSPS) is 11.5. The number of rotatable bonds is 6. The van der Waals surface area contributed by atoms with Crippen molar-refractivity contribution in [2.45, 2.75) is 0 Å². The van der Waals surface area contributed by atoms with E-state index in [0.29, 0.717) is 23.0 Å². The summed E-state index contributed by atoms with van der Waals surface area (Å²) in [4.78, 5) is 15.6. The molecule has 0 unspecified atom stereocenters. The topological polar surface area (TPSA) is 75.6 Å². The molecule has 0 aliphatic rings. The average Bonchev–Trinajstić information content (AvgIpc) is 3.75. The summed E-state index contributed by atoms with van der Waals surface area (Å²) in [5.41, 5.74) is 11.3. The fraction of sp³-hybridized carbons (Fsp3) is 0. The second-order valence-electron chi connectivity index (χ2n) is 15.9. The number of hydrogen-bond donors (Lipinski definition) is 0. The van der Waals surface area contributed by atoms with Gasteiger partial charge in [-0.2, -0.15) is 5.26 Å². The van der Waals surface area contributed by atoms with Crippen LogP contribution in [-0.4, -0.2) is 15.0 Å². The molecule has 10 aromatic carbocycles. The quantitative estimate of drug-likeness (QED) is 0.157. The number of furan rings is 1. The van der Waals surface area contributed by atoms with Crippen molar-refractivity contribution in [1.82, 2.24) is 15.0 Å². The predicted octanol–water partition coefficient (Wildman–Crippen LogP) is 15.1. The van der Waals surface area contributed by atoms with Crippen LogP contribution in [0.2, 0.25) is 0 Å².